The number of hydrogen-bond acceptors (Lipinski definition) is 4. The van der Waals surface area contributed by atoms with Gasteiger partial charge in [0.25, 0.3) is 0 Å². The summed E-state index contributed by atoms with van der Waals surface area (Å²) >= 11 is 1.54. The molecule has 1 aliphatic rings. The van der Waals surface area contributed by atoms with Gasteiger partial charge in [0.2, 0.25) is 0 Å². The van der Waals surface area contributed by atoms with Crippen molar-refractivity contribution in [3.05, 3.63) is 23.3 Å². The summed E-state index contributed by atoms with van der Waals surface area (Å²) in [5.41, 5.74) is 1.61. The minimum absolute atomic E-state index is 0.466. The number of thioether (sulfide) groups is 1. The quantitative estimate of drug-likeness (QED) is 0.727. The third-order valence-electron chi connectivity index (χ3n) is 3.37. The highest BCUT2D eigenvalue weighted by Gasteiger charge is 2.26. The standard InChI is InChI=1S/C16H24O3S/c1-3-5-7-18-13-9-12-11-20-16(17)15(12)14(10-13)19-8-6-4-2/h9-10,16-17H,3-8,11H2,1-2H3. The van der Waals surface area contributed by atoms with Gasteiger partial charge in [-0.15, -0.1) is 11.8 Å². The van der Waals surface area contributed by atoms with Gasteiger partial charge in [-0.05, 0) is 24.5 Å². The monoisotopic (exact) mass is 296 g/mol. The number of hydrogen-bond donors (Lipinski definition) is 1. The summed E-state index contributed by atoms with van der Waals surface area (Å²) in [6.45, 7) is 5.72. The first-order chi connectivity index (χ1) is 9.76. The maximum atomic E-state index is 10.1. The molecule has 112 valence electrons. The van der Waals surface area contributed by atoms with Crippen LogP contribution in [0.4, 0.5) is 0 Å². The molecule has 0 fully saturated rings. The fraction of sp³-hybridized carbons (Fsp3) is 0.625. The van der Waals surface area contributed by atoms with Crippen molar-refractivity contribution in [2.75, 3.05) is 13.2 Å². The summed E-state index contributed by atoms with van der Waals surface area (Å²) in [6.07, 6.45) is 4.31. The highest BCUT2D eigenvalue weighted by molar-refractivity contribution is 7.98. The molecule has 0 saturated carbocycles. The topological polar surface area (TPSA) is 38.7 Å². The molecular weight excluding hydrogens is 272 g/mol. The molecular formula is C16H24O3S. The van der Waals surface area contributed by atoms with E-state index < -0.39 is 5.44 Å². The smallest absolute Gasteiger partial charge is 0.129 e. The fourth-order valence-electron chi connectivity index (χ4n) is 2.17. The van der Waals surface area contributed by atoms with E-state index >= 15 is 0 Å². The molecule has 1 aliphatic heterocycles. The second-order valence-corrected chi connectivity index (χ2v) is 6.13. The first-order valence-electron chi connectivity index (χ1n) is 7.48. The Bertz CT molecular complexity index is 434. The number of aliphatic hydroxyl groups excluding tert-OH is 1. The van der Waals surface area contributed by atoms with Crippen LogP contribution in [-0.2, 0) is 5.75 Å². The third-order valence-corrected chi connectivity index (χ3v) is 4.40. The molecule has 4 heteroatoms. The zero-order valence-corrected chi connectivity index (χ0v) is 13.2. The molecule has 0 radical (unpaired) electrons. The van der Waals surface area contributed by atoms with Crippen molar-refractivity contribution in [1.29, 1.82) is 0 Å². The number of ether oxygens (including phenoxy) is 2. The van der Waals surface area contributed by atoms with Gasteiger partial charge in [0.1, 0.15) is 16.9 Å². The SMILES string of the molecule is CCCCOc1cc2c(c(OCCCC)c1)C(O)SC2. The van der Waals surface area contributed by atoms with E-state index in [2.05, 4.69) is 13.8 Å². The lowest BCUT2D eigenvalue weighted by Crippen LogP contribution is -2.03. The van der Waals surface area contributed by atoms with Crippen LogP contribution >= 0.6 is 11.8 Å². The van der Waals surface area contributed by atoms with E-state index in [4.69, 9.17) is 9.47 Å². The lowest BCUT2D eigenvalue weighted by atomic mass is 10.1. The molecule has 0 aliphatic carbocycles. The Labute approximate surface area is 125 Å². The van der Waals surface area contributed by atoms with Gasteiger partial charge in [-0.1, -0.05) is 26.7 Å². The summed E-state index contributed by atoms with van der Waals surface area (Å²) in [5.74, 6) is 2.48. The lowest BCUT2D eigenvalue weighted by molar-refractivity contribution is 0.252. The summed E-state index contributed by atoms with van der Waals surface area (Å²) < 4.78 is 11.6. The maximum absolute atomic E-state index is 10.1. The van der Waals surface area contributed by atoms with Crippen LogP contribution in [0.1, 0.15) is 56.1 Å². The van der Waals surface area contributed by atoms with Crippen molar-refractivity contribution in [2.24, 2.45) is 0 Å². The number of unbranched alkanes of at least 4 members (excludes halogenated alkanes) is 2. The van der Waals surface area contributed by atoms with E-state index in [-0.39, 0.29) is 0 Å². The molecule has 0 saturated heterocycles. The summed E-state index contributed by atoms with van der Waals surface area (Å²) in [6, 6.07) is 3.97. The number of fused-ring (bicyclic) bond motifs is 1. The molecule has 0 bridgehead atoms. The summed E-state index contributed by atoms with van der Waals surface area (Å²) in [4.78, 5) is 0. The summed E-state index contributed by atoms with van der Waals surface area (Å²) in [7, 11) is 0. The molecule has 1 aromatic carbocycles. The number of rotatable bonds is 8. The van der Waals surface area contributed by atoms with Gasteiger partial charge < -0.3 is 14.6 Å². The lowest BCUT2D eigenvalue weighted by Gasteiger charge is -2.15. The Morgan fingerprint density at radius 3 is 2.55 bits per heavy atom. The van der Waals surface area contributed by atoms with E-state index in [0.29, 0.717) is 6.61 Å². The Morgan fingerprint density at radius 1 is 1.15 bits per heavy atom. The molecule has 0 aromatic heterocycles. The van der Waals surface area contributed by atoms with Gasteiger partial charge in [0, 0.05) is 17.4 Å². The molecule has 0 amide bonds. The number of aliphatic hydroxyl groups is 1. The molecule has 20 heavy (non-hydrogen) atoms. The highest BCUT2D eigenvalue weighted by atomic mass is 32.2. The van der Waals surface area contributed by atoms with Crippen LogP contribution in [0, 0.1) is 0 Å². The predicted molar refractivity (Wildman–Crippen MR) is 83.5 cm³/mol. The average Bonchev–Trinajstić information content (AvgIpc) is 2.81. The van der Waals surface area contributed by atoms with Crippen molar-refractivity contribution < 1.29 is 14.6 Å². The van der Waals surface area contributed by atoms with Crippen LogP contribution in [0.3, 0.4) is 0 Å². The maximum Gasteiger partial charge on any atom is 0.129 e. The van der Waals surface area contributed by atoms with Crippen LogP contribution in [0.5, 0.6) is 11.5 Å². The molecule has 2 rings (SSSR count). The minimum Gasteiger partial charge on any atom is -0.493 e. The van der Waals surface area contributed by atoms with Gasteiger partial charge in [-0.2, -0.15) is 0 Å². The van der Waals surface area contributed by atoms with Crippen LogP contribution in [0.2, 0.25) is 0 Å². The molecule has 1 N–H and O–H groups in total. The second kappa shape index (κ2) is 7.79. The minimum atomic E-state index is -0.466. The van der Waals surface area contributed by atoms with Crippen LogP contribution in [0.25, 0.3) is 0 Å². The van der Waals surface area contributed by atoms with Crippen LogP contribution < -0.4 is 9.47 Å². The molecule has 1 unspecified atom stereocenters. The van der Waals surface area contributed by atoms with E-state index in [1.54, 1.807) is 0 Å². The largest absolute Gasteiger partial charge is 0.493 e. The molecule has 0 spiro atoms. The van der Waals surface area contributed by atoms with Crippen LogP contribution in [0.15, 0.2) is 12.1 Å². The Hall–Kier alpha value is -0.870. The van der Waals surface area contributed by atoms with E-state index in [9.17, 15) is 5.11 Å². The zero-order chi connectivity index (χ0) is 14.4. The van der Waals surface area contributed by atoms with Gasteiger partial charge in [-0.3, -0.25) is 0 Å². The van der Waals surface area contributed by atoms with Crippen LogP contribution in [-0.4, -0.2) is 18.3 Å². The molecule has 1 heterocycles. The fourth-order valence-corrected chi connectivity index (χ4v) is 3.18. The van der Waals surface area contributed by atoms with Crippen molar-refractivity contribution in [3.8, 4) is 11.5 Å². The second-order valence-electron chi connectivity index (χ2n) is 5.06. The van der Waals surface area contributed by atoms with E-state index in [1.165, 1.54) is 11.8 Å². The van der Waals surface area contributed by atoms with Crippen molar-refractivity contribution in [3.63, 3.8) is 0 Å². The summed E-state index contributed by atoms with van der Waals surface area (Å²) in [5, 5.41) is 10.1. The first kappa shape index (κ1) is 15.5. The third kappa shape index (κ3) is 3.83. The normalized spacial score (nSPS) is 17.1. The van der Waals surface area contributed by atoms with Crippen molar-refractivity contribution in [1.82, 2.24) is 0 Å². The van der Waals surface area contributed by atoms with Gasteiger partial charge in [0.15, 0.2) is 0 Å². The van der Waals surface area contributed by atoms with Crippen molar-refractivity contribution in [2.45, 2.75) is 50.7 Å². The Balaban J connectivity index is 2.13. The molecule has 3 nitrogen and oxygen atoms in total. The number of benzene rings is 1. The van der Waals surface area contributed by atoms with E-state index in [0.717, 1.165) is 60.7 Å². The molecule has 1 aromatic rings. The van der Waals surface area contributed by atoms with E-state index in [1.807, 2.05) is 12.1 Å². The zero-order valence-electron chi connectivity index (χ0n) is 12.4. The highest BCUT2D eigenvalue weighted by Crippen LogP contribution is 2.46. The molecule has 1 atom stereocenters. The predicted octanol–water partition coefficient (Wildman–Crippen LogP) is 4.28. The Kier molecular flexibility index (Phi) is 6.05. The van der Waals surface area contributed by atoms with Gasteiger partial charge in [-0.25, -0.2) is 0 Å². The van der Waals surface area contributed by atoms with Crippen molar-refractivity contribution >= 4 is 11.8 Å². The van der Waals surface area contributed by atoms with Gasteiger partial charge >= 0.3 is 0 Å². The van der Waals surface area contributed by atoms with Gasteiger partial charge in [0.05, 0.1) is 13.2 Å². The first-order valence-corrected chi connectivity index (χ1v) is 8.53. The average molecular weight is 296 g/mol. The Morgan fingerprint density at radius 2 is 1.85 bits per heavy atom.